The van der Waals surface area contributed by atoms with Crippen molar-refractivity contribution in [2.45, 2.75) is 68.2 Å². The van der Waals surface area contributed by atoms with Crippen LogP contribution in [-0.2, 0) is 37.4 Å². The van der Waals surface area contributed by atoms with Crippen LogP contribution in [0.3, 0.4) is 0 Å². The van der Waals surface area contributed by atoms with Crippen LogP contribution in [0.15, 0.2) is 64.3 Å². The molecule has 27 heteroatoms. The summed E-state index contributed by atoms with van der Waals surface area (Å²) < 4.78 is 78.8. The minimum absolute atomic E-state index is 0. The average Bonchev–Trinajstić information content (AvgIpc) is 1.76. The first-order valence-corrected chi connectivity index (χ1v) is 29.7. The highest BCUT2D eigenvalue weighted by atomic mass is 35.5. The van der Waals surface area contributed by atoms with Crippen LogP contribution in [0, 0.1) is 17.5 Å². The van der Waals surface area contributed by atoms with Gasteiger partial charge in [-0.2, -0.15) is 9.97 Å². The van der Waals surface area contributed by atoms with Crippen molar-refractivity contribution in [3.05, 3.63) is 132 Å². The number of piperidine rings is 3. The third-order valence-electron chi connectivity index (χ3n) is 17.0. The fraction of sp³-hybridized carbons (Fsp3) is 0.484. The Labute approximate surface area is 517 Å². The summed E-state index contributed by atoms with van der Waals surface area (Å²) in [5, 5.41) is 6.82. The van der Waals surface area contributed by atoms with E-state index in [1.54, 1.807) is 36.5 Å². The molecule has 3 saturated heterocycles. The van der Waals surface area contributed by atoms with Gasteiger partial charge in [-0.25, -0.2) is 32.5 Å². The maximum atomic E-state index is 15.2. The van der Waals surface area contributed by atoms with E-state index < -0.39 is 52.2 Å². The molecular formula is C62H74ClF3N12O11. The molecule has 0 amide bonds. The van der Waals surface area contributed by atoms with E-state index in [4.69, 9.17) is 28.4 Å². The number of ether oxygens (including phenoxy) is 6. The summed E-state index contributed by atoms with van der Waals surface area (Å²) in [6.07, 6.45) is 5.94. The van der Waals surface area contributed by atoms with Gasteiger partial charge in [0.25, 0.3) is 11.1 Å². The lowest BCUT2D eigenvalue weighted by Crippen LogP contribution is -2.44. The SMILES string of the molecule is CN(C)CCOc1cc(F)c2c(c1)C(=O)OC21CCN(c2nc3c(c(=O)[nH]2)CCCN3)CC1.CN(C)CCOc1cc(F)c2c(c1)C(=O)OC21CCN(c2nc3ncccc3c(=O)[nH]2)CC1.CN(C)CCOc1cc(F)c2c(c1)C(=O)OC21CCNCC1.Cl. The Kier molecular flexibility index (Phi) is 19.1. The molecule has 476 valence electrons. The van der Waals surface area contributed by atoms with E-state index >= 15 is 8.78 Å². The number of carbonyl (C=O) groups excluding carboxylic acids is 3. The lowest BCUT2D eigenvalue weighted by molar-refractivity contribution is -0.0259. The minimum Gasteiger partial charge on any atom is -0.492 e. The summed E-state index contributed by atoms with van der Waals surface area (Å²) in [4.78, 5) is 90.9. The molecule has 4 N–H and O–H groups in total. The smallest absolute Gasteiger partial charge is 0.339 e. The number of aromatic amines is 2. The van der Waals surface area contributed by atoms with Crippen molar-refractivity contribution in [1.82, 2.24) is 44.9 Å². The largest absolute Gasteiger partial charge is 0.492 e. The number of fused-ring (bicyclic) bond motifs is 8. The molecule has 0 atom stereocenters. The van der Waals surface area contributed by atoms with Crippen LogP contribution in [0.4, 0.5) is 30.9 Å². The van der Waals surface area contributed by atoms with Gasteiger partial charge in [0.2, 0.25) is 11.9 Å². The molecule has 7 aliphatic heterocycles. The van der Waals surface area contributed by atoms with Gasteiger partial charge in [0.1, 0.15) is 77.1 Å². The third kappa shape index (κ3) is 13.3. The fourth-order valence-corrected chi connectivity index (χ4v) is 12.4. The highest BCUT2D eigenvalue weighted by Gasteiger charge is 2.52. The first kappa shape index (κ1) is 64.0. The van der Waals surface area contributed by atoms with Gasteiger partial charge in [0.05, 0.1) is 27.6 Å². The van der Waals surface area contributed by atoms with E-state index in [-0.39, 0.29) is 40.2 Å². The van der Waals surface area contributed by atoms with Crippen LogP contribution >= 0.6 is 12.4 Å². The molecule has 0 saturated carbocycles. The standard InChI is InChI=1S/C23H28FN5O4.C23H24FN5O4.C16H21FN2O3.ClH/c2*1-28(2)10-11-32-14-12-16-18(17(24)13-14)23(33-21(16)31)5-8-29(9-6-23)22-26-19-15(20(30)27-22)4-3-7-25-19;1-19(2)7-8-21-11-9-12-14(13(17)10-11)16(22-15(12)20)3-5-18-6-4-16;/h12-13H,3-11H2,1-2H3,(H2,25,26,27,30);3-4,7,12-13H,5-6,8-11H2,1-2H3,(H,25,26,27,30);9-10,18H,3-8H2,1-2H3;1H. The van der Waals surface area contributed by atoms with Gasteiger partial charge in [-0.1, -0.05) is 0 Å². The van der Waals surface area contributed by atoms with Gasteiger partial charge in [-0.05, 0) is 98.5 Å². The van der Waals surface area contributed by atoms with Crippen molar-refractivity contribution < 1.29 is 56.0 Å². The Morgan fingerprint density at radius 2 is 0.978 bits per heavy atom. The number of H-pyrrole nitrogens is 2. The number of nitrogens with one attached hydrogen (secondary N) is 4. The number of benzene rings is 3. The normalized spacial score (nSPS) is 18.0. The van der Waals surface area contributed by atoms with E-state index in [0.29, 0.717) is 185 Å². The Morgan fingerprint density at radius 3 is 1.42 bits per heavy atom. The van der Waals surface area contributed by atoms with Gasteiger partial charge in [0.15, 0.2) is 5.65 Å². The number of likely N-dealkylation sites (N-methyl/N-ethyl adjacent to an activating group) is 3. The molecule has 0 aliphatic carbocycles. The van der Waals surface area contributed by atoms with Crippen LogP contribution in [-0.4, -0.2) is 185 Å². The number of halogens is 4. The third-order valence-corrected chi connectivity index (χ3v) is 17.0. The number of carbonyl (C=O) groups is 3. The van der Waals surface area contributed by atoms with Gasteiger partial charge >= 0.3 is 17.9 Å². The summed E-state index contributed by atoms with van der Waals surface area (Å²) in [5.41, 5.74) is -0.463. The lowest BCUT2D eigenvalue weighted by atomic mass is 9.83. The van der Waals surface area contributed by atoms with Gasteiger partial charge < -0.3 is 63.6 Å². The molecule has 0 unspecified atom stereocenters. The second-order valence-electron chi connectivity index (χ2n) is 23.8. The topological polar surface area (TPSA) is 251 Å². The van der Waals surface area contributed by atoms with Gasteiger partial charge in [-0.15, -0.1) is 12.4 Å². The average molecular weight is 1260 g/mol. The van der Waals surface area contributed by atoms with Crippen LogP contribution in [0.5, 0.6) is 17.2 Å². The monoisotopic (exact) mass is 1250 g/mol. The number of hydrogen-bond acceptors (Lipinski definition) is 21. The fourth-order valence-electron chi connectivity index (χ4n) is 12.4. The number of anilines is 3. The molecule has 23 nitrogen and oxygen atoms in total. The first-order valence-electron chi connectivity index (χ1n) is 29.7. The van der Waals surface area contributed by atoms with Gasteiger partial charge in [0, 0.05) is 132 Å². The van der Waals surface area contributed by atoms with E-state index in [2.05, 4.69) is 35.6 Å². The molecular weight excluding hydrogens is 1180 g/mol. The van der Waals surface area contributed by atoms with Gasteiger partial charge in [-0.3, -0.25) is 19.6 Å². The van der Waals surface area contributed by atoms with Crippen LogP contribution in [0.1, 0.15) is 98.3 Å². The summed E-state index contributed by atoms with van der Waals surface area (Å²) in [7, 11) is 11.5. The second-order valence-corrected chi connectivity index (χ2v) is 23.8. The summed E-state index contributed by atoms with van der Waals surface area (Å²) in [5.74, 6) is -0.409. The minimum atomic E-state index is -1.04. The molecule has 89 heavy (non-hydrogen) atoms. The molecule has 3 fully saturated rings. The predicted octanol–water partition coefficient (Wildman–Crippen LogP) is 5.87. The molecule has 10 heterocycles. The van der Waals surface area contributed by atoms with E-state index in [1.807, 2.05) is 66.8 Å². The number of nitrogens with zero attached hydrogens (tertiary/aromatic N) is 8. The Bertz CT molecular complexity index is 3750. The Morgan fingerprint density at radius 1 is 0.562 bits per heavy atom. The predicted molar refractivity (Wildman–Crippen MR) is 327 cm³/mol. The first-order chi connectivity index (χ1) is 42.2. The van der Waals surface area contributed by atoms with E-state index in [1.165, 1.54) is 18.2 Å². The maximum absolute atomic E-state index is 15.2. The summed E-state index contributed by atoms with van der Waals surface area (Å²) in [6.45, 7) is 7.29. The maximum Gasteiger partial charge on any atom is 0.339 e. The molecule has 3 aromatic heterocycles. The van der Waals surface area contributed by atoms with Crippen molar-refractivity contribution in [2.24, 2.45) is 0 Å². The van der Waals surface area contributed by atoms with Crippen molar-refractivity contribution in [1.29, 1.82) is 0 Å². The highest BCUT2D eigenvalue weighted by Crippen LogP contribution is 2.49. The molecule has 0 bridgehead atoms. The number of esters is 3. The molecule has 3 spiro atoms. The zero-order valence-electron chi connectivity index (χ0n) is 50.7. The van der Waals surface area contributed by atoms with Crippen molar-refractivity contribution in [2.75, 3.05) is 143 Å². The number of pyridine rings is 1. The summed E-state index contributed by atoms with van der Waals surface area (Å²) >= 11 is 0. The number of aromatic nitrogens is 5. The zero-order valence-corrected chi connectivity index (χ0v) is 51.5. The number of hydrogen-bond donors (Lipinski definition) is 4. The lowest BCUT2D eigenvalue weighted by Gasteiger charge is -2.39. The van der Waals surface area contributed by atoms with Crippen molar-refractivity contribution in [3.63, 3.8) is 0 Å². The van der Waals surface area contributed by atoms with Crippen molar-refractivity contribution >= 4 is 59.1 Å². The van der Waals surface area contributed by atoms with Crippen LogP contribution in [0.25, 0.3) is 11.0 Å². The second kappa shape index (κ2) is 26.6. The molecule has 13 rings (SSSR count). The summed E-state index contributed by atoms with van der Waals surface area (Å²) in [6, 6.07) is 12.1. The van der Waals surface area contributed by atoms with E-state index in [0.717, 1.165) is 19.5 Å². The highest BCUT2D eigenvalue weighted by molar-refractivity contribution is 5.97. The molecule has 7 aliphatic rings. The molecule has 3 aromatic carbocycles. The molecule has 6 aromatic rings. The quantitative estimate of drug-likeness (QED) is 0.0735. The Hall–Kier alpha value is -8.04. The van der Waals surface area contributed by atoms with Crippen molar-refractivity contribution in [3.8, 4) is 17.2 Å². The van der Waals surface area contributed by atoms with Crippen LogP contribution < -0.4 is 45.8 Å². The zero-order chi connectivity index (χ0) is 62.1. The van der Waals surface area contributed by atoms with E-state index in [9.17, 15) is 28.4 Å². The molecule has 0 radical (unpaired) electrons. The number of rotatable bonds is 14. The Balaban J connectivity index is 0.000000150. The van der Waals surface area contributed by atoms with Crippen LogP contribution in [0.2, 0.25) is 0 Å².